The van der Waals surface area contributed by atoms with E-state index >= 15 is 0 Å². The summed E-state index contributed by atoms with van der Waals surface area (Å²) < 4.78 is 11.2. The van der Waals surface area contributed by atoms with Crippen LogP contribution in [0.3, 0.4) is 0 Å². The number of aliphatic hydroxyl groups is 2. The molecule has 2 aromatic rings. The molecule has 2 unspecified atom stereocenters. The molecule has 1 aliphatic rings. The molecule has 1 aliphatic heterocycles. The number of likely N-dealkylation sites (tertiary alicyclic amines) is 1. The first-order valence-electron chi connectivity index (χ1n) is 10.6. The summed E-state index contributed by atoms with van der Waals surface area (Å²) in [6, 6.07) is 14.6. The highest BCUT2D eigenvalue weighted by atomic mass is 35.5. The lowest BCUT2D eigenvalue weighted by molar-refractivity contribution is 0.0556. The van der Waals surface area contributed by atoms with Crippen molar-refractivity contribution in [3.8, 4) is 11.5 Å². The van der Waals surface area contributed by atoms with Gasteiger partial charge in [0.05, 0.1) is 0 Å². The molecule has 0 aromatic heterocycles. The summed E-state index contributed by atoms with van der Waals surface area (Å²) >= 11 is 11.7. The second-order valence-electron chi connectivity index (χ2n) is 7.82. The van der Waals surface area contributed by atoms with Gasteiger partial charge in [0.2, 0.25) is 0 Å². The Labute approximate surface area is 193 Å². The highest BCUT2D eigenvalue weighted by Crippen LogP contribution is 2.17. The molecule has 0 saturated carbocycles. The van der Waals surface area contributed by atoms with Crippen molar-refractivity contribution >= 4 is 23.2 Å². The van der Waals surface area contributed by atoms with Crippen molar-refractivity contribution in [2.24, 2.45) is 0 Å². The lowest BCUT2D eigenvalue weighted by atomic mass is 10.0. The monoisotopic (exact) mass is 468 g/mol. The molecule has 1 saturated heterocycles. The van der Waals surface area contributed by atoms with Gasteiger partial charge >= 0.3 is 0 Å². The van der Waals surface area contributed by atoms with Gasteiger partial charge in [-0.3, -0.25) is 0 Å². The summed E-state index contributed by atoms with van der Waals surface area (Å²) in [4.78, 5) is 2.24. The fourth-order valence-corrected chi connectivity index (χ4v) is 3.73. The molecule has 0 amide bonds. The number of hydrogen-bond donors (Lipinski definition) is 3. The van der Waals surface area contributed by atoms with Crippen LogP contribution >= 0.6 is 23.2 Å². The van der Waals surface area contributed by atoms with Gasteiger partial charge in [0, 0.05) is 29.2 Å². The molecule has 3 rings (SSSR count). The maximum absolute atomic E-state index is 10.3. The van der Waals surface area contributed by atoms with E-state index in [1.165, 1.54) is 0 Å². The summed E-state index contributed by atoms with van der Waals surface area (Å²) in [5.41, 5.74) is 0. The molecule has 0 spiro atoms. The number of ether oxygens (including phenoxy) is 2. The molecule has 0 bridgehead atoms. The van der Waals surface area contributed by atoms with Crippen molar-refractivity contribution in [1.82, 2.24) is 10.2 Å². The summed E-state index contributed by atoms with van der Waals surface area (Å²) in [6.07, 6.45) is 0.804. The van der Waals surface area contributed by atoms with Crippen LogP contribution in [0.5, 0.6) is 11.5 Å². The number of rotatable bonds is 11. The van der Waals surface area contributed by atoms with Crippen molar-refractivity contribution < 1.29 is 19.7 Å². The third kappa shape index (κ3) is 8.85. The van der Waals surface area contributed by atoms with Crippen LogP contribution in [0, 0.1) is 0 Å². The predicted molar refractivity (Wildman–Crippen MR) is 123 cm³/mol. The molecule has 1 fully saturated rings. The standard InChI is InChI=1S/C23H30Cl2N2O4/c24-17-1-5-22(6-2-17)30-15-20(28)13-26-19-9-11-27(12-10-19)14-21(29)16-31-23-7-3-18(25)4-8-23/h1-8,19-21,26,28-29H,9-16H2. The van der Waals surface area contributed by atoms with Gasteiger partial charge in [-0.25, -0.2) is 0 Å². The maximum Gasteiger partial charge on any atom is 0.119 e. The Morgan fingerprint density at radius 1 is 0.839 bits per heavy atom. The van der Waals surface area contributed by atoms with E-state index in [1.807, 2.05) is 0 Å². The average molecular weight is 469 g/mol. The molecule has 170 valence electrons. The van der Waals surface area contributed by atoms with Gasteiger partial charge in [0.15, 0.2) is 0 Å². The number of hydrogen-bond acceptors (Lipinski definition) is 6. The third-order valence-electron chi connectivity index (χ3n) is 5.21. The van der Waals surface area contributed by atoms with E-state index in [9.17, 15) is 10.2 Å². The third-order valence-corrected chi connectivity index (χ3v) is 5.71. The van der Waals surface area contributed by atoms with Gasteiger partial charge in [-0.2, -0.15) is 0 Å². The second-order valence-corrected chi connectivity index (χ2v) is 8.69. The number of aliphatic hydroxyl groups excluding tert-OH is 2. The molecule has 0 radical (unpaired) electrons. The van der Waals surface area contributed by atoms with E-state index in [-0.39, 0.29) is 13.2 Å². The molecule has 31 heavy (non-hydrogen) atoms. The van der Waals surface area contributed by atoms with Gasteiger partial charge in [-0.1, -0.05) is 23.2 Å². The minimum atomic E-state index is -0.583. The largest absolute Gasteiger partial charge is 0.491 e. The Balaban J connectivity index is 1.26. The Morgan fingerprint density at radius 2 is 1.32 bits per heavy atom. The normalized spacial score (nSPS) is 17.3. The van der Waals surface area contributed by atoms with Crippen LogP contribution in [0.25, 0.3) is 0 Å². The predicted octanol–water partition coefficient (Wildman–Crippen LogP) is 3.23. The first kappa shape index (κ1) is 24.1. The van der Waals surface area contributed by atoms with Gasteiger partial charge in [-0.15, -0.1) is 0 Å². The minimum absolute atomic E-state index is 0.229. The fraction of sp³-hybridized carbons (Fsp3) is 0.478. The summed E-state index contributed by atoms with van der Waals surface area (Å²) in [5.74, 6) is 1.39. The van der Waals surface area contributed by atoms with E-state index in [2.05, 4.69) is 10.2 Å². The van der Waals surface area contributed by atoms with Crippen LogP contribution in [0.2, 0.25) is 10.0 Å². The smallest absolute Gasteiger partial charge is 0.119 e. The van der Waals surface area contributed by atoms with Crippen molar-refractivity contribution in [3.05, 3.63) is 58.6 Å². The average Bonchev–Trinajstić information content (AvgIpc) is 2.78. The summed E-state index contributed by atoms with van der Waals surface area (Å²) in [5, 5.41) is 25.2. The maximum atomic E-state index is 10.3. The summed E-state index contributed by atoms with van der Waals surface area (Å²) in [6.45, 7) is 3.33. The van der Waals surface area contributed by atoms with E-state index in [1.54, 1.807) is 48.5 Å². The highest BCUT2D eigenvalue weighted by molar-refractivity contribution is 6.30. The molecule has 2 aromatic carbocycles. The summed E-state index contributed by atoms with van der Waals surface area (Å²) in [7, 11) is 0. The lowest BCUT2D eigenvalue weighted by Gasteiger charge is -2.33. The first-order chi connectivity index (χ1) is 15.0. The van der Waals surface area contributed by atoms with Crippen LogP contribution in [0.4, 0.5) is 0 Å². The van der Waals surface area contributed by atoms with Crippen molar-refractivity contribution in [1.29, 1.82) is 0 Å². The fourth-order valence-electron chi connectivity index (χ4n) is 3.48. The van der Waals surface area contributed by atoms with Crippen molar-refractivity contribution in [3.63, 3.8) is 0 Å². The van der Waals surface area contributed by atoms with Crippen LogP contribution < -0.4 is 14.8 Å². The van der Waals surface area contributed by atoms with Gasteiger partial charge in [0.25, 0.3) is 0 Å². The molecule has 2 atom stereocenters. The van der Waals surface area contributed by atoms with Gasteiger partial charge < -0.3 is 29.9 Å². The number of nitrogens with zero attached hydrogens (tertiary/aromatic N) is 1. The van der Waals surface area contributed by atoms with Crippen LogP contribution in [0.15, 0.2) is 48.5 Å². The SMILES string of the molecule is OC(CNC1CCN(CC(O)COc2ccc(Cl)cc2)CC1)COc1ccc(Cl)cc1. The van der Waals surface area contributed by atoms with E-state index in [0.29, 0.717) is 40.7 Å². The molecule has 1 heterocycles. The number of benzene rings is 2. The Morgan fingerprint density at radius 3 is 1.84 bits per heavy atom. The number of halogens is 2. The van der Waals surface area contributed by atoms with Crippen LogP contribution in [-0.2, 0) is 0 Å². The highest BCUT2D eigenvalue weighted by Gasteiger charge is 2.21. The van der Waals surface area contributed by atoms with E-state index < -0.39 is 12.2 Å². The number of nitrogens with one attached hydrogen (secondary N) is 1. The van der Waals surface area contributed by atoms with Gasteiger partial charge in [0.1, 0.15) is 36.9 Å². The lowest BCUT2D eigenvalue weighted by Crippen LogP contribution is -2.47. The van der Waals surface area contributed by atoms with Crippen LogP contribution in [0.1, 0.15) is 12.8 Å². The molecular weight excluding hydrogens is 439 g/mol. The number of piperidine rings is 1. The molecule has 3 N–H and O–H groups in total. The minimum Gasteiger partial charge on any atom is -0.491 e. The Kier molecular flexibility index (Phi) is 9.71. The molecule has 6 nitrogen and oxygen atoms in total. The molecule has 8 heteroatoms. The van der Waals surface area contributed by atoms with Crippen molar-refractivity contribution in [2.75, 3.05) is 39.4 Å². The zero-order chi connectivity index (χ0) is 22.1. The van der Waals surface area contributed by atoms with Crippen molar-refractivity contribution in [2.45, 2.75) is 31.1 Å². The Hall–Kier alpha value is -1.54. The topological polar surface area (TPSA) is 74.2 Å². The van der Waals surface area contributed by atoms with Crippen LogP contribution in [-0.4, -0.2) is 72.8 Å². The number of β-amino-alcohol motifs (C(OH)–C–C–N with tert-alkyl or cyclic N) is 1. The Bertz CT molecular complexity index is 768. The second kappa shape index (κ2) is 12.5. The molecular formula is C23H30Cl2N2O4. The molecule has 0 aliphatic carbocycles. The van der Waals surface area contributed by atoms with E-state index in [4.69, 9.17) is 32.7 Å². The van der Waals surface area contributed by atoms with E-state index in [0.717, 1.165) is 25.9 Å². The first-order valence-corrected chi connectivity index (χ1v) is 11.3. The zero-order valence-electron chi connectivity index (χ0n) is 17.4. The van der Waals surface area contributed by atoms with Gasteiger partial charge in [-0.05, 0) is 74.5 Å². The zero-order valence-corrected chi connectivity index (χ0v) is 18.9. The quantitative estimate of drug-likeness (QED) is 0.470.